The number of benzene rings is 12. The lowest BCUT2D eigenvalue weighted by atomic mass is 9.99. The molecule has 0 heterocycles. The summed E-state index contributed by atoms with van der Waals surface area (Å²) in [6.07, 6.45) is 0. The fourth-order valence-corrected chi connectivity index (χ4v) is 10.6. The average molecular weight is 940 g/mol. The van der Waals surface area contributed by atoms with Gasteiger partial charge >= 0.3 is 0 Å². The Kier molecular flexibility index (Phi) is 12.3. The Morgan fingerprint density at radius 1 is 0.194 bits per heavy atom. The molecule has 72 heavy (non-hydrogen) atoms. The van der Waals surface area contributed by atoms with Crippen molar-refractivity contribution in [2.24, 2.45) is 0 Å². The highest BCUT2D eigenvalue weighted by molar-refractivity contribution is 7.99. The van der Waals surface area contributed by atoms with E-state index >= 15 is 0 Å². The smallest absolute Gasteiger partial charge is 0.0540 e. The predicted molar refractivity (Wildman–Crippen MR) is 307 cm³/mol. The standard InChI is InChI=1S/C68H49N3S/c1-4-20-56(21-5-1)69(60-42-46-63(47-43-60)72-64-48-44-62(45-49-64)71(58-24-8-3-9-25-58)68-29-15-19-55-17-11-13-27-66(55)68)59-38-34-52(35-39-59)50-30-32-51(33-31-50)53-36-40-61(41-37-53)70(57-22-6-2-7-23-57)67-28-14-18-54-16-10-12-26-65(54)67/h1-49H. The molecule has 12 aromatic rings. The van der Waals surface area contributed by atoms with Gasteiger partial charge in [0.1, 0.15) is 0 Å². The lowest BCUT2D eigenvalue weighted by Gasteiger charge is -2.27. The van der Waals surface area contributed by atoms with E-state index in [4.69, 9.17) is 0 Å². The van der Waals surface area contributed by atoms with Crippen LogP contribution in [0, 0.1) is 0 Å². The minimum absolute atomic E-state index is 1.10. The zero-order valence-electron chi connectivity index (χ0n) is 39.5. The molecule has 342 valence electrons. The van der Waals surface area contributed by atoms with Crippen LogP contribution >= 0.6 is 11.8 Å². The zero-order chi connectivity index (χ0) is 48.1. The van der Waals surface area contributed by atoms with Gasteiger partial charge < -0.3 is 14.7 Å². The number of nitrogens with zero attached hydrogens (tertiary/aromatic N) is 3. The van der Waals surface area contributed by atoms with Crippen LogP contribution in [-0.2, 0) is 0 Å². The van der Waals surface area contributed by atoms with Gasteiger partial charge in [-0.05, 0) is 154 Å². The van der Waals surface area contributed by atoms with Crippen LogP contribution in [-0.4, -0.2) is 0 Å². The van der Waals surface area contributed by atoms with Gasteiger partial charge in [0.25, 0.3) is 0 Å². The molecule has 0 saturated heterocycles. The Balaban J connectivity index is 0.760. The fourth-order valence-electron chi connectivity index (χ4n) is 9.76. The Bertz CT molecular complexity index is 3720. The zero-order valence-corrected chi connectivity index (χ0v) is 40.4. The second-order valence-electron chi connectivity index (χ2n) is 17.8. The molecule has 12 aromatic carbocycles. The molecule has 0 N–H and O–H groups in total. The summed E-state index contributed by atoms with van der Waals surface area (Å²) >= 11 is 1.77. The summed E-state index contributed by atoms with van der Waals surface area (Å²) in [6.45, 7) is 0. The van der Waals surface area contributed by atoms with E-state index in [2.05, 4.69) is 312 Å². The minimum atomic E-state index is 1.10. The molecule has 0 atom stereocenters. The van der Waals surface area contributed by atoms with Crippen LogP contribution in [0.25, 0.3) is 43.8 Å². The van der Waals surface area contributed by atoms with Crippen LogP contribution in [0.2, 0.25) is 0 Å². The molecular formula is C68H49N3S. The topological polar surface area (TPSA) is 9.72 Å². The van der Waals surface area contributed by atoms with E-state index in [1.54, 1.807) is 11.8 Å². The van der Waals surface area contributed by atoms with Crippen LogP contribution in [0.15, 0.2) is 307 Å². The van der Waals surface area contributed by atoms with E-state index in [1.165, 1.54) is 53.6 Å². The van der Waals surface area contributed by atoms with E-state index in [1.807, 2.05) is 0 Å². The highest BCUT2D eigenvalue weighted by Gasteiger charge is 2.18. The molecule has 0 aliphatic carbocycles. The SMILES string of the molecule is c1ccc(N(c2ccc(Sc3ccc(N(c4ccccc4)c4cccc5ccccc45)cc3)cc2)c2ccc(-c3ccc(-c4ccc(N(c5ccccc5)c5cccc6ccccc56)cc4)cc3)cc2)cc1. The first kappa shape index (κ1) is 44.1. The third kappa shape index (κ3) is 9.11. The number of rotatable bonds is 13. The van der Waals surface area contributed by atoms with E-state index in [9.17, 15) is 0 Å². The largest absolute Gasteiger partial charge is 0.311 e. The molecule has 0 amide bonds. The first-order chi connectivity index (χ1) is 35.7. The Labute approximate surface area is 426 Å². The van der Waals surface area contributed by atoms with Crippen molar-refractivity contribution in [1.29, 1.82) is 0 Å². The number of fused-ring (bicyclic) bond motifs is 2. The molecule has 3 nitrogen and oxygen atoms in total. The van der Waals surface area contributed by atoms with Crippen LogP contribution in [0.1, 0.15) is 0 Å². The number of anilines is 9. The van der Waals surface area contributed by atoms with Crippen molar-refractivity contribution < 1.29 is 0 Å². The highest BCUT2D eigenvalue weighted by Crippen LogP contribution is 2.43. The van der Waals surface area contributed by atoms with Crippen LogP contribution in [0.4, 0.5) is 51.2 Å². The summed E-state index contributed by atoms with van der Waals surface area (Å²) in [5.74, 6) is 0. The molecule has 0 fully saturated rings. The second-order valence-corrected chi connectivity index (χ2v) is 18.9. The Morgan fingerprint density at radius 2 is 0.458 bits per heavy atom. The summed E-state index contributed by atoms with van der Waals surface area (Å²) in [4.78, 5) is 9.38. The van der Waals surface area contributed by atoms with Gasteiger partial charge in [0.15, 0.2) is 0 Å². The number of hydrogen-bond acceptors (Lipinski definition) is 4. The molecule has 12 rings (SSSR count). The number of para-hydroxylation sites is 3. The maximum Gasteiger partial charge on any atom is 0.0540 e. The molecule has 0 unspecified atom stereocenters. The van der Waals surface area contributed by atoms with Crippen molar-refractivity contribution >= 4 is 84.5 Å². The number of hydrogen-bond donors (Lipinski definition) is 0. The summed E-state index contributed by atoms with van der Waals surface area (Å²) in [5.41, 5.74) is 14.8. The molecule has 0 aliphatic rings. The van der Waals surface area contributed by atoms with Gasteiger partial charge in [0.2, 0.25) is 0 Å². The van der Waals surface area contributed by atoms with Crippen molar-refractivity contribution in [3.05, 3.63) is 297 Å². The van der Waals surface area contributed by atoms with Crippen molar-refractivity contribution in [3.63, 3.8) is 0 Å². The van der Waals surface area contributed by atoms with Gasteiger partial charge in [-0.3, -0.25) is 0 Å². The lowest BCUT2D eigenvalue weighted by Crippen LogP contribution is -2.10. The predicted octanol–water partition coefficient (Wildman–Crippen LogP) is 19.9. The quantitative estimate of drug-likeness (QED) is 0.114. The first-order valence-corrected chi connectivity index (χ1v) is 25.2. The third-order valence-corrected chi connectivity index (χ3v) is 14.3. The molecule has 0 spiro atoms. The maximum absolute atomic E-state index is 2.35. The molecule has 0 saturated carbocycles. The third-order valence-electron chi connectivity index (χ3n) is 13.3. The monoisotopic (exact) mass is 939 g/mol. The summed E-state index contributed by atoms with van der Waals surface area (Å²) < 4.78 is 0. The molecule has 0 aromatic heterocycles. The lowest BCUT2D eigenvalue weighted by molar-refractivity contribution is 1.26. The molecule has 4 heteroatoms. The Hall–Kier alpha value is -9.09. The van der Waals surface area contributed by atoms with E-state index in [-0.39, 0.29) is 0 Å². The Morgan fingerprint density at radius 3 is 0.833 bits per heavy atom. The van der Waals surface area contributed by atoms with Gasteiger partial charge in [0, 0.05) is 60.4 Å². The van der Waals surface area contributed by atoms with Gasteiger partial charge in [0.05, 0.1) is 11.4 Å². The van der Waals surface area contributed by atoms with Crippen LogP contribution < -0.4 is 14.7 Å². The summed E-state index contributed by atoms with van der Waals surface area (Å²) in [6, 6.07) is 107. The van der Waals surface area contributed by atoms with E-state index in [0.29, 0.717) is 0 Å². The fraction of sp³-hybridized carbons (Fsp3) is 0. The van der Waals surface area contributed by atoms with Gasteiger partial charge in [-0.15, -0.1) is 0 Å². The molecule has 0 aliphatic heterocycles. The highest BCUT2D eigenvalue weighted by atomic mass is 32.2. The first-order valence-electron chi connectivity index (χ1n) is 24.4. The second kappa shape index (κ2) is 20.1. The molecule has 0 radical (unpaired) electrons. The van der Waals surface area contributed by atoms with Crippen LogP contribution in [0.3, 0.4) is 0 Å². The average Bonchev–Trinajstić information content (AvgIpc) is 3.46. The van der Waals surface area contributed by atoms with Gasteiger partial charge in [-0.2, -0.15) is 0 Å². The van der Waals surface area contributed by atoms with Crippen molar-refractivity contribution in [1.82, 2.24) is 0 Å². The van der Waals surface area contributed by atoms with E-state index in [0.717, 1.165) is 51.2 Å². The van der Waals surface area contributed by atoms with Gasteiger partial charge in [-0.1, -0.05) is 188 Å². The van der Waals surface area contributed by atoms with Gasteiger partial charge in [-0.25, -0.2) is 0 Å². The summed E-state index contributed by atoms with van der Waals surface area (Å²) in [5, 5.41) is 4.88. The maximum atomic E-state index is 2.35. The van der Waals surface area contributed by atoms with Crippen molar-refractivity contribution in [2.45, 2.75) is 9.79 Å². The van der Waals surface area contributed by atoms with Crippen LogP contribution in [0.5, 0.6) is 0 Å². The van der Waals surface area contributed by atoms with Crippen molar-refractivity contribution in [2.75, 3.05) is 14.7 Å². The summed E-state index contributed by atoms with van der Waals surface area (Å²) in [7, 11) is 0. The van der Waals surface area contributed by atoms with Crippen molar-refractivity contribution in [3.8, 4) is 22.3 Å². The molecule has 0 bridgehead atoms. The minimum Gasteiger partial charge on any atom is -0.311 e. The van der Waals surface area contributed by atoms with E-state index < -0.39 is 0 Å². The molecular weight excluding hydrogens is 891 g/mol. The normalized spacial score (nSPS) is 11.1.